The van der Waals surface area contributed by atoms with Crippen molar-refractivity contribution < 1.29 is 9.53 Å². The van der Waals surface area contributed by atoms with Gasteiger partial charge in [0.05, 0.1) is 12.0 Å². The maximum absolute atomic E-state index is 12.2. The average molecular weight is 366 g/mol. The number of ether oxygens (including phenoxy) is 1. The lowest BCUT2D eigenvalue weighted by Crippen LogP contribution is -2.45. The van der Waals surface area contributed by atoms with Crippen LogP contribution in [0.25, 0.3) is 10.2 Å². The molecule has 0 spiro atoms. The van der Waals surface area contributed by atoms with Crippen LogP contribution in [0.5, 0.6) is 0 Å². The lowest BCUT2D eigenvalue weighted by molar-refractivity contribution is 0.0531. The zero-order valence-electron chi connectivity index (χ0n) is 14.8. The highest BCUT2D eigenvalue weighted by Gasteiger charge is 2.30. The summed E-state index contributed by atoms with van der Waals surface area (Å²) in [6, 6.07) is 0.395. The molecule has 0 aromatic carbocycles. The van der Waals surface area contributed by atoms with Gasteiger partial charge in [0.15, 0.2) is 0 Å². The van der Waals surface area contributed by atoms with E-state index in [1.807, 2.05) is 32.5 Å². The first-order chi connectivity index (χ1) is 11.4. The highest BCUT2D eigenvalue weighted by atomic mass is 32.2. The lowest BCUT2D eigenvalue weighted by atomic mass is 10.1. The van der Waals surface area contributed by atoms with E-state index in [2.05, 4.69) is 23.7 Å². The van der Waals surface area contributed by atoms with Crippen LogP contribution in [-0.4, -0.2) is 46.1 Å². The zero-order chi connectivity index (χ0) is 17.4. The van der Waals surface area contributed by atoms with E-state index in [9.17, 15) is 4.79 Å². The molecule has 1 fully saturated rings. The fraction of sp³-hybridized carbons (Fsp3) is 0.588. The standard InChI is InChI=1S/C17H23N3O2S2/c1-6-22-17(21)14-9(2)13-15(18-12(5)19-16(13)24-14)20-7-8-23-11(4)10(20)3/h10-11H,6-8H2,1-5H3. The van der Waals surface area contributed by atoms with Gasteiger partial charge in [-0.3, -0.25) is 0 Å². The Kier molecular flexibility index (Phi) is 5.01. The van der Waals surface area contributed by atoms with Crippen LogP contribution in [0.1, 0.15) is 41.8 Å². The number of rotatable bonds is 3. The van der Waals surface area contributed by atoms with Crippen molar-refractivity contribution in [3.8, 4) is 0 Å². The monoisotopic (exact) mass is 365 g/mol. The summed E-state index contributed by atoms with van der Waals surface area (Å²) in [4.78, 5) is 25.4. The second-order valence-corrected chi connectivity index (χ2v) is 8.55. The fourth-order valence-corrected chi connectivity index (χ4v) is 5.27. The van der Waals surface area contributed by atoms with Gasteiger partial charge in [-0.05, 0) is 33.3 Å². The molecule has 0 N–H and O–H groups in total. The van der Waals surface area contributed by atoms with E-state index in [0.29, 0.717) is 22.8 Å². The topological polar surface area (TPSA) is 55.3 Å². The average Bonchev–Trinajstić information content (AvgIpc) is 2.86. The van der Waals surface area contributed by atoms with E-state index >= 15 is 0 Å². The van der Waals surface area contributed by atoms with Crippen molar-refractivity contribution >= 4 is 45.1 Å². The van der Waals surface area contributed by atoms with Gasteiger partial charge in [-0.1, -0.05) is 6.92 Å². The van der Waals surface area contributed by atoms with E-state index in [-0.39, 0.29) is 5.97 Å². The van der Waals surface area contributed by atoms with E-state index in [0.717, 1.165) is 39.7 Å². The van der Waals surface area contributed by atoms with E-state index < -0.39 is 0 Å². The lowest BCUT2D eigenvalue weighted by Gasteiger charge is -2.38. The first kappa shape index (κ1) is 17.5. The van der Waals surface area contributed by atoms with E-state index in [1.54, 1.807) is 0 Å². The van der Waals surface area contributed by atoms with Crippen molar-refractivity contribution in [2.75, 3.05) is 23.8 Å². The molecule has 2 atom stereocenters. The van der Waals surface area contributed by atoms with Gasteiger partial charge in [0.25, 0.3) is 0 Å². The van der Waals surface area contributed by atoms with Gasteiger partial charge in [-0.15, -0.1) is 11.3 Å². The summed E-state index contributed by atoms with van der Waals surface area (Å²) in [7, 11) is 0. The van der Waals surface area contributed by atoms with Gasteiger partial charge in [-0.2, -0.15) is 11.8 Å². The van der Waals surface area contributed by atoms with Crippen LogP contribution in [0, 0.1) is 13.8 Å². The van der Waals surface area contributed by atoms with Crippen LogP contribution in [0.3, 0.4) is 0 Å². The molecule has 3 rings (SSSR count). The number of anilines is 1. The highest BCUT2D eigenvalue weighted by Crippen LogP contribution is 2.38. The number of carbonyl (C=O) groups excluding carboxylic acids is 1. The normalized spacial score (nSPS) is 21.3. The number of thioether (sulfide) groups is 1. The molecule has 1 saturated heterocycles. The van der Waals surface area contributed by atoms with Gasteiger partial charge in [0.1, 0.15) is 21.3 Å². The first-order valence-corrected chi connectivity index (χ1v) is 10.1. The highest BCUT2D eigenvalue weighted by molar-refractivity contribution is 8.00. The summed E-state index contributed by atoms with van der Waals surface area (Å²) in [5, 5.41) is 1.55. The molecule has 0 bridgehead atoms. The number of aryl methyl sites for hydroxylation is 2. The van der Waals surface area contributed by atoms with E-state index in [1.165, 1.54) is 11.3 Å². The molecule has 2 aromatic heterocycles. The largest absolute Gasteiger partial charge is 0.462 e. The van der Waals surface area contributed by atoms with Gasteiger partial charge < -0.3 is 9.64 Å². The number of hydrogen-bond donors (Lipinski definition) is 0. The van der Waals surface area contributed by atoms with Crippen molar-refractivity contribution in [2.24, 2.45) is 0 Å². The minimum atomic E-state index is -0.266. The molecule has 3 heterocycles. The Morgan fingerprint density at radius 3 is 2.79 bits per heavy atom. The number of thiophene rings is 1. The van der Waals surface area contributed by atoms with Crippen molar-refractivity contribution in [1.29, 1.82) is 0 Å². The summed E-state index contributed by atoms with van der Waals surface area (Å²) >= 11 is 3.41. The van der Waals surface area contributed by atoms with Crippen molar-refractivity contribution in [3.63, 3.8) is 0 Å². The molecule has 0 aliphatic carbocycles. The zero-order valence-corrected chi connectivity index (χ0v) is 16.4. The molecule has 130 valence electrons. The Balaban J connectivity index is 2.15. The van der Waals surface area contributed by atoms with E-state index in [4.69, 9.17) is 9.72 Å². The number of hydrogen-bond acceptors (Lipinski definition) is 7. The minimum Gasteiger partial charge on any atom is -0.462 e. The molecule has 7 heteroatoms. The second-order valence-electron chi connectivity index (χ2n) is 6.06. The van der Waals surface area contributed by atoms with Crippen LogP contribution in [-0.2, 0) is 4.74 Å². The molecule has 24 heavy (non-hydrogen) atoms. The Hall–Kier alpha value is -1.34. The maximum Gasteiger partial charge on any atom is 0.348 e. The molecule has 0 amide bonds. The Morgan fingerprint density at radius 2 is 2.08 bits per heavy atom. The first-order valence-electron chi connectivity index (χ1n) is 8.27. The Labute approximate surface area is 150 Å². The SMILES string of the molecule is CCOC(=O)c1sc2nc(C)nc(N3CCSC(C)C3C)c2c1C. The molecular formula is C17H23N3O2S2. The second kappa shape index (κ2) is 6.88. The summed E-state index contributed by atoms with van der Waals surface area (Å²) in [6.45, 7) is 11.6. The molecule has 0 radical (unpaired) electrons. The van der Waals surface area contributed by atoms with Gasteiger partial charge in [0.2, 0.25) is 0 Å². The molecule has 2 aromatic rings. The minimum absolute atomic E-state index is 0.266. The van der Waals surface area contributed by atoms with Crippen LogP contribution in [0.4, 0.5) is 5.82 Å². The van der Waals surface area contributed by atoms with Gasteiger partial charge in [-0.25, -0.2) is 14.8 Å². The number of nitrogens with zero attached hydrogens (tertiary/aromatic N) is 3. The smallest absolute Gasteiger partial charge is 0.348 e. The van der Waals surface area contributed by atoms with Crippen LogP contribution >= 0.6 is 23.1 Å². The number of fused-ring (bicyclic) bond motifs is 1. The molecule has 0 saturated carbocycles. The molecule has 1 aliphatic rings. The third-order valence-electron chi connectivity index (χ3n) is 4.50. The predicted molar refractivity (Wildman–Crippen MR) is 102 cm³/mol. The van der Waals surface area contributed by atoms with Crippen LogP contribution < -0.4 is 4.90 Å². The quantitative estimate of drug-likeness (QED) is 0.771. The predicted octanol–water partition coefficient (Wildman–Crippen LogP) is 3.82. The summed E-state index contributed by atoms with van der Waals surface area (Å²) in [5.41, 5.74) is 0.932. The molecule has 2 unspecified atom stereocenters. The number of carbonyl (C=O) groups is 1. The van der Waals surface area contributed by atoms with Crippen molar-refractivity contribution in [2.45, 2.75) is 45.9 Å². The summed E-state index contributed by atoms with van der Waals surface area (Å²) in [5.74, 6) is 2.52. The fourth-order valence-electron chi connectivity index (χ4n) is 3.05. The Morgan fingerprint density at radius 1 is 1.33 bits per heavy atom. The molecular weight excluding hydrogens is 342 g/mol. The third-order valence-corrected chi connectivity index (χ3v) is 7.00. The van der Waals surface area contributed by atoms with Crippen LogP contribution in [0.15, 0.2) is 0 Å². The maximum atomic E-state index is 12.2. The summed E-state index contributed by atoms with van der Waals surface area (Å²) < 4.78 is 5.20. The number of esters is 1. The molecule has 1 aliphatic heterocycles. The van der Waals surface area contributed by atoms with Crippen molar-refractivity contribution in [3.05, 3.63) is 16.3 Å². The summed E-state index contributed by atoms with van der Waals surface area (Å²) in [6.07, 6.45) is 0. The van der Waals surface area contributed by atoms with Crippen LogP contribution in [0.2, 0.25) is 0 Å². The number of aromatic nitrogens is 2. The van der Waals surface area contributed by atoms with Gasteiger partial charge >= 0.3 is 5.97 Å². The molecule has 5 nitrogen and oxygen atoms in total. The van der Waals surface area contributed by atoms with Gasteiger partial charge in [0, 0.05) is 23.6 Å². The Bertz CT molecular complexity index is 775. The van der Waals surface area contributed by atoms with Crippen molar-refractivity contribution in [1.82, 2.24) is 9.97 Å². The third kappa shape index (κ3) is 2.99.